The lowest BCUT2D eigenvalue weighted by Crippen LogP contribution is -2.00. The van der Waals surface area contributed by atoms with Crippen molar-refractivity contribution in [2.45, 2.75) is 0 Å². The van der Waals surface area contributed by atoms with Gasteiger partial charge in [0.25, 0.3) is 0 Å². The minimum atomic E-state index is 0.720. The van der Waals surface area contributed by atoms with E-state index in [4.69, 9.17) is 9.72 Å². The average Bonchev–Trinajstić information content (AvgIpc) is 3.62. The highest BCUT2D eigenvalue weighted by molar-refractivity contribution is 6.09. The van der Waals surface area contributed by atoms with Gasteiger partial charge < -0.3 is 15.4 Å². The van der Waals surface area contributed by atoms with Crippen molar-refractivity contribution in [3.63, 3.8) is 0 Å². The van der Waals surface area contributed by atoms with E-state index in [1.54, 1.807) is 6.20 Å². The smallest absolute Gasteiger partial charge is 0.137 e. The minimum absolute atomic E-state index is 0.720. The van der Waals surface area contributed by atoms with Gasteiger partial charge in [-0.05, 0) is 71.8 Å². The van der Waals surface area contributed by atoms with Crippen LogP contribution in [0.2, 0.25) is 0 Å². The van der Waals surface area contributed by atoms with Crippen LogP contribution in [0.1, 0.15) is 0 Å². The summed E-state index contributed by atoms with van der Waals surface area (Å²) in [5.74, 6) is 2.28. The number of rotatable bonds is 10. The second kappa shape index (κ2) is 15.3. The summed E-state index contributed by atoms with van der Waals surface area (Å²) in [5.41, 5.74) is 12.5. The van der Waals surface area contributed by atoms with Crippen molar-refractivity contribution < 1.29 is 4.74 Å². The van der Waals surface area contributed by atoms with Gasteiger partial charge in [-0.1, -0.05) is 121 Å². The molecule has 2 N–H and O–H groups in total. The molecule has 7 aromatic carbocycles. The molecule has 276 valence electrons. The van der Waals surface area contributed by atoms with Crippen LogP contribution in [0.5, 0.6) is 11.5 Å². The Bertz CT molecular complexity index is 2960. The summed E-state index contributed by atoms with van der Waals surface area (Å²) in [4.78, 5) is 9.19. The van der Waals surface area contributed by atoms with E-state index in [1.807, 2.05) is 54.9 Å². The highest BCUT2D eigenvalue weighted by Gasteiger charge is 2.16. The van der Waals surface area contributed by atoms with Gasteiger partial charge in [0.05, 0.1) is 28.1 Å². The number of pyridine rings is 2. The van der Waals surface area contributed by atoms with E-state index >= 15 is 0 Å². The lowest BCUT2D eigenvalue weighted by molar-refractivity contribution is 0.483. The summed E-state index contributed by atoms with van der Waals surface area (Å²) in [7, 11) is 0. The van der Waals surface area contributed by atoms with Gasteiger partial charge in [0.15, 0.2) is 0 Å². The Morgan fingerprint density at radius 3 is 1.79 bits per heavy atom. The number of para-hydroxylation sites is 4. The standard InChI is InChI=1S/C52H37N5O/c1-3-14-36(15-4-1)43-22-12-23-44(37-16-5-2-6-17-37)52(43)56-48-25-9-8-24-47(48)55-40-19-11-20-41(32-40)58-42-28-29-46-45-21-7-10-26-49(45)57(50(46)33-42)51-30-27-39(35-54-51)38-18-13-31-53-34-38/h1-35,55-56H. The molecule has 0 bridgehead atoms. The fourth-order valence-corrected chi connectivity index (χ4v) is 7.65. The zero-order chi connectivity index (χ0) is 38.7. The van der Waals surface area contributed by atoms with Gasteiger partial charge in [0.2, 0.25) is 0 Å². The van der Waals surface area contributed by atoms with Gasteiger partial charge >= 0.3 is 0 Å². The summed E-state index contributed by atoms with van der Waals surface area (Å²) in [5, 5.41) is 9.79. The number of anilines is 4. The molecule has 0 atom stereocenters. The predicted molar refractivity (Wildman–Crippen MR) is 239 cm³/mol. The fourth-order valence-electron chi connectivity index (χ4n) is 7.65. The monoisotopic (exact) mass is 747 g/mol. The molecule has 0 aliphatic carbocycles. The molecule has 0 saturated carbocycles. The Morgan fingerprint density at radius 2 is 1.07 bits per heavy atom. The summed E-state index contributed by atoms with van der Waals surface area (Å²) < 4.78 is 8.79. The molecule has 0 unspecified atom stereocenters. The summed E-state index contributed by atoms with van der Waals surface area (Å²) in [6.45, 7) is 0. The van der Waals surface area contributed by atoms with Crippen molar-refractivity contribution in [3.8, 4) is 50.7 Å². The average molecular weight is 748 g/mol. The van der Waals surface area contributed by atoms with E-state index in [9.17, 15) is 0 Å². The molecule has 0 amide bonds. The third-order valence-corrected chi connectivity index (χ3v) is 10.4. The Hall–Kier alpha value is -7.96. The van der Waals surface area contributed by atoms with Gasteiger partial charge in [-0.2, -0.15) is 0 Å². The van der Waals surface area contributed by atoms with Crippen LogP contribution in [0.4, 0.5) is 22.7 Å². The van der Waals surface area contributed by atoms with Gasteiger partial charge in [0, 0.05) is 69.4 Å². The molecular formula is C52H37N5O. The maximum Gasteiger partial charge on any atom is 0.137 e. The molecule has 10 aromatic rings. The van der Waals surface area contributed by atoms with Gasteiger partial charge in [0.1, 0.15) is 17.3 Å². The van der Waals surface area contributed by atoms with Crippen LogP contribution < -0.4 is 15.4 Å². The first-order valence-corrected chi connectivity index (χ1v) is 19.3. The molecule has 58 heavy (non-hydrogen) atoms. The van der Waals surface area contributed by atoms with Crippen LogP contribution >= 0.6 is 0 Å². The molecule has 0 saturated heterocycles. The normalized spacial score (nSPS) is 11.1. The third-order valence-electron chi connectivity index (χ3n) is 10.4. The zero-order valence-electron chi connectivity index (χ0n) is 31.5. The van der Waals surface area contributed by atoms with E-state index in [0.717, 1.165) is 95.3 Å². The van der Waals surface area contributed by atoms with E-state index in [1.165, 1.54) is 0 Å². The van der Waals surface area contributed by atoms with Crippen molar-refractivity contribution in [2.24, 2.45) is 0 Å². The largest absolute Gasteiger partial charge is 0.457 e. The molecule has 0 radical (unpaired) electrons. The quantitative estimate of drug-likeness (QED) is 0.146. The summed E-state index contributed by atoms with van der Waals surface area (Å²) in [6.07, 6.45) is 5.54. The first-order chi connectivity index (χ1) is 28.7. The molecule has 3 heterocycles. The molecule has 10 rings (SSSR count). The van der Waals surface area contributed by atoms with Crippen molar-refractivity contribution in [1.82, 2.24) is 14.5 Å². The van der Waals surface area contributed by atoms with E-state index < -0.39 is 0 Å². The number of hydrogen-bond acceptors (Lipinski definition) is 5. The van der Waals surface area contributed by atoms with E-state index in [2.05, 4.69) is 172 Å². The number of nitrogens with zero attached hydrogens (tertiary/aromatic N) is 3. The Kier molecular flexibility index (Phi) is 9.10. The van der Waals surface area contributed by atoms with Crippen LogP contribution in [0.3, 0.4) is 0 Å². The molecular weight excluding hydrogens is 711 g/mol. The van der Waals surface area contributed by atoms with E-state index in [-0.39, 0.29) is 0 Å². The lowest BCUT2D eigenvalue weighted by atomic mass is 9.95. The van der Waals surface area contributed by atoms with Crippen LogP contribution in [0, 0.1) is 0 Å². The van der Waals surface area contributed by atoms with Crippen LogP contribution in [0.15, 0.2) is 213 Å². The maximum absolute atomic E-state index is 6.59. The fraction of sp³-hybridized carbons (Fsp3) is 0. The predicted octanol–water partition coefficient (Wildman–Crippen LogP) is 13.9. The first kappa shape index (κ1) is 34.5. The van der Waals surface area contributed by atoms with Crippen molar-refractivity contribution in [1.29, 1.82) is 0 Å². The summed E-state index contributed by atoms with van der Waals surface area (Å²) in [6, 6.07) is 66.7. The Labute approximate surface area is 336 Å². The molecule has 3 aromatic heterocycles. The molecule has 0 aliphatic rings. The number of ether oxygens (including phenoxy) is 1. The number of aromatic nitrogens is 3. The first-order valence-electron chi connectivity index (χ1n) is 19.3. The molecule has 0 aliphatic heterocycles. The highest BCUT2D eigenvalue weighted by atomic mass is 16.5. The zero-order valence-corrected chi connectivity index (χ0v) is 31.5. The topological polar surface area (TPSA) is 64.0 Å². The molecule has 0 spiro atoms. The number of hydrogen-bond donors (Lipinski definition) is 2. The molecule has 6 nitrogen and oxygen atoms in total. The number of benzene rings is 7. The van der Waals surface area contributed by atoms with Gasteiger partial charge in [-0.15, -0.1) is 0 Å². The van der Waals surface area contributed by atoms with Crippen LogP contribution in [-0.4, -0.2) is 14.5 Å². The van der Waals surface area contributed by atoms with Gasteiger partial charge in [-0.25, -0.2) is 4.98 Å². The van der Waals surface area contributed by atoms with Gasteiger partial charge in [-0.3, -0.25) is 9.55 Å². The van der Waals surface area contributed by atoms with Crippen molar-refractivity contribution in [3.05, 3.63) is 213 Å². The minimum Gasteiger partial charge on any atom is -0.457 e. The van der Waals surface area contributed by atoms with Crippen LogP contribution in [0.25, 0.3) is 61.0 Å². The van der Waals surface area contributed by atoms with E-state index in [0.29, 0.717) is 0 Å². The Balaban J connectivity index is 0.957. The second-order valence-electron chi connectivity index (χ2n) is 14.1. The van der Waals surface area contributed by atoms with Crippen molar-refractivity contribution >= 4 is 44.6 Å². The lowest BCUT2D eigenvalue weighted by Gasteiger charge is -2.20. The number of nitrogens with one attached hydrogen (secondary N) is 2. The second-order valence-corrected chi connectivity index (χ2v) is 14.1. The molecule has 6 heteroatoms. The van der Waals surface area contributed by atoms with Crippen molar-refractivity contribution in [2.75, 3.05) is 10.6 Å². The Morgan fingerprint density at radius 1 is 0.431 bits per heavy atom. The SMILES string of the molecule is c1ccc(-c2cccc(-c3ccccc3)c2Nc2ccccc2Nc2cccc(Oc3ccc4c5ccccc5n(-c5ccc(-c6cccnc6)cn5)c4c3)c2)cc1. The third kappa shape index (κ3) is 6.80. The van der Waals surface area contributed by atoms with Crippen LogP contribution in [-0.2, 0) is 0 Å². The molecule has 0 fully saturated rings. The maximum atomic E-state index is 6.59. The number of fused-ring (bicyclic) bond motifs is 3. The highest BCUT2D eigenvalue weighted by Crippen LogP contribution is 2.41. The summed E-state index contributed by atoms with van der Waals surface area (Å²) >= 11 is 0.